The van der Waals surface area contributed by atoms with Gasteiger partial charge in [0.1, 0.15) is 11.3 Å². The molecule has 0 amide bonds. The van der Waals surface area contributed by atoms with Crippen LogP contribution in [0.1, 0.15) is 65.4 Å². The summed E-state index contributed by atoms with van der Waals surface area (Å²) in [6.45, 7) is 7.77. The van der Waals surface area contributed by atoms with Crippen LogP contribution < -0.4 is 19.9 Å². The Morgan fingerprint density at radius 1 is 0.805 bits per heavy atom. The lowest BCUT2D eigenvalue weighted by molar-refractivity contribution is -0.147. The summed E-state index contributed by atoms with van der Waals surface area (Å²) in [6.07, 6.45) is 0.596. The van der Waals surface area contributed by atoms with Gasteiger partial charge < -0.3 is 29.4 Å². The van der Waals surface area contributed by atoms with Crippen molar-refractivity contribution in [3.63, 3.8) is 0 Å². The molecule has 0 bridgehead atoms. The number of carbonyl (C=O) groups is 4. The SMILES string of the molecule is COC(=O)[C@@](N)(CCOC(=O)Oc1ccccc1)Cc1ccc(OC(=O)CCC(C)C)c(OC(=O)CCC(C)C)c1. The maximum Gasteiger partial charge on any atom is 0.513 e. The number of esters is 3. The molecule has 1 atom stereocenters. The molecule has 10 nitrogen and oxygen atoms in total. The summed E-state index contributed by atoms with van der Waals surface area (Å²) in [5.74, 6) is -0.592. The smallest absolute Gasteiger partial charge is 0.468 e. The fourth-order valence-corrected chi connectivity index (χ4v) is 3.75. The second-order valence-corrected chi connectivity index (χ2v) is 10.7. The molecule has 2 aromatic rings. The molecule has 0 heterocycles. The van der Waals surface area contributed by atoms with Gasteiger partial charge in [-0.2, -0.15) is 0 Å². The van der Waals surface area contributed by atoms with Crippen molar-refractivity contribution in [2.75, 3.05) is 13.7 Å². The monoisotopic (exact) mass is 571 g/mol. The van der Waals surface area contributed by atoms with E-state index in [2.05, 4.69) is 0 Å². The standard InChI is InChI=1S/C31H41NO9/c1-21(2)11-15-27(33)40-25-14-13-23(19-26(25)41-28(34)16-12-22(3)4)20-31(32,29(35)37-5)17-18-38-30(36)39-24-9-7-6-8-10-24/h6-10,13-14,19,21-22H,11-12,15-18,20,32H2,1-5H3/t31-/m1/s1. The van der Waals surface area contributed by atoms with Crippen LogP contribution in [0, 0.1) is 11.8 Å². The summed E-state index contributed by atoms with van der Waals surface area (Å²) < 4.78 is 26.2. The Morgan fingerprint density at radius 3 is 1.95 bits per heavy atom. The van der Waals surface area contributed by atoms with Gasteiger partial charge in [0.25, 0.3) is 0 Å². The number of nitrogens with two attached hydrogens (primary N) is 1. The number of benzene rings is 2. The van der Waals surface area contributed by atoms with Gasteiger partial charge in [0.05, 0.1) is 13.7 Å². The summed E-state index contributed by atoms with van der Waals surface area (Å²) in [7, 11) is 1.20. The third-order valence-electron chi connectivity index (χ3n) is 6.13. The molecule has 41 heavy (non-hydrogen) atoms. The van der Waals surface area contributed by atoms with Gasteiger partial charge in [-0.05, 0) is 54.5 Å². The first kappa shape index (κ1) is 33.3. The third-order valence-corrected chi connectivity index (χ3v) is 6.13. The van der Waals surface area contributed by atoms with E-state index in [0.717, 1.165) is 0 Å². The van der Waals surface area contributed by atoms with Crippen molar-refractivity contribution in [3.05, 3.63) is 54.1 Å². The number of hydrogen-bond acceptors (Lipinski definition) is 10. The van der Waals surface area contributed by atoms with Crippen molar-refractivity contribution in [3.8, 4) is 17.2 Å². The van der Waals surface area contributed by atoms with Gasteiger partial charge >= 0.3 is 24.1 Å². The molecule has 0 saturated heterocycles. The van der Waals surface area contributed by atoms with Crippen molar-refractivity contribution in [1.82, 2.24) is 0 Å². The fourth-order valence-electron chi connectivity index (χ4n) is 3.75. The highest BCUT2D eigenvalue weighted by molar-refractivity contribution is 5.81. The van der Waals surface area contributed by atoms with Gasteiger partial charge in [0, 0.05) is 25.7 Å². The largest absolute Gasteiger partial charge is 0.513 e. The first-order valence-electron chi connectivity index (χ1n) is 13.7. The average molecular weight is 572 g/mol. The van der Waals surface area contributed by atoms with Crippen LogP contribution in [0.3, 0.4) is 0 Å². The molecule has 0 aliphatic carbocycles. The van der Waals surface area contributed by atoms with E-state index in [1.165, 1.54) is 19.2 Å². The van der Waals surface area contributed by atoms with Crippen LogP contribution in [-0.2, 0) is 30.3 Å². The Morgan fingerprint density at radius 2 is 1.39 bits per heavy atom. The summed E-state index contributed by atoms with van der Waals surface area (Å²) in [5, 5.41) is 0. The number of ether oxygens (including phenoxy) is 5. The number of methoxy groups -OCH3 is 1. The molecule has 10 heteroatoms. The van der Waals surface area contributed by atoms with E-state index in [1.54, 1.807) is 36.4 Å². The van der Waals surface area contributed by atoms with Crippen molar-refractivity contribution >= 4 is 24.1 Å². The highest BCUT2D eigenvalue weighted by Gasteiger charge is 2.36. The summed E-state index contributed by atoms with van der Waals surface area (Å²) in [4.78, 5) is 49.7. The minimum atomic E-state index is -1.59. The van der Waals surface area contributed by atoms with Gasteiger partial charge in [-0.3, -0.25) is 14.4 Å². The van der Waals surface area contributed by atoms with Crippen molar-refractivity contribution in [2.24, 2.45) is 17.6 Å². The molecule has 0 aliphatic rings. The molecule has 2 aromatic carbocycles. The van der Waals surface area contributed by atoms with Crippen LogP contribution in [0.4, 0.5) is 4.79 Å². The van der Waals surface area contributed by atoms with E-state index in [-0.39, 0.29) is 43.8 Å². The molecular formula is C31H41NO9. The van der Waals surface area contributed by atoms with Crippen molar-refractivity contribution in [1.29, 1.82) is 0 Å². The lowest BCUT2D eigenvalue weighted by Gasteiger charge is -2.26. The van der Waals surface area contributed by atoms with Gasteiger partial charge in [0.15, 0.2) is 11.5 Å². The molecule has 0 aromatic heterocycles. The zero-order valence-electron chi connectivity index (χ0n) is 24.5. The van der Waals surface area contributed by atoms with E-state index < -0.39 is 29.6 Å². The lowest BCUT2D eigenvalue weighted by Crippen LogP contribution is -2.51. The van der Waals surface area contributed by atoms with Crippen molar-refractivity contribution < 1.29 is 42.9 Å². The summed E-state index contributed by atoms with van der Waals surface area (Å²) in [5.41, 5.74) is 5.37. The normalized spacial score (nSPS) is 12.4. The Bertz CT molecular complexity index is 1160. The van der Waals surface area contributed by atoms with Crippen molar-refractivity contribution in [2.45, 2.75) is 71.8 Å². The molecule has 0 spiro atoms. The first-order chi connectivity index (χ1) is 19.4. The van der Waals surface area contributed by atoms with E-state index in [4.69, 9.17) is 29.4 Å². The van der Waals surface area contributed by atoms with Gasteiger partial charge in [0.2, 0.25) is 0 Å². The predicted molar refractivity (Wildman–Crippen MR) is 152 cm³/mol. The van der Waals surface area contributed by atoms with E-state index >= 15 is 0 Å². The van der Waals surface area contributed by atoms with Crippen LogP contribution in [0.2, 0.25) is 0 Å². The van der Waals surface area contributed by atoms with Gasteiger partial charge in [-0.15, -0.1) is 0 Å². The second kappa shape index (κ2) is 16.4. The highest BCUT2D eigenvalue weighted by Crippen LogP contribution is 2.31. The third kappa shape index (κ3) is 12.0. The van der Waals surface area contributed by atoms with E-state index in [1.807, 2.05) is 27.7 Å². The zero-order chi connectivity index (χ0) is 30.4. The molecule has 2 N–H and O–H groups in total. The minimum Gasteiger partial charge on any atom is -0.468 e. The number of rotatable bonds is 15. The molecule has 2 rings (SSSR count). The Kier molecular flexibility index (Phi) is 13.3. The maximum absolute atomic E-state index is 12.7. The van der Waals surface area contributed by atoms with Crippen LogP contribution in [0.15, 0.2) is 48.5 Å². The van der Waals surface area contributed by atoms with Crippen LogP contribution in [-0.4, -0.2) is 43.3 Å². The first-order valence-corrected chi connectivity index (χ1v) is 13.7. The minimum absolute atomic E-state index is 0.0454. The molecule has 224 valence electrons. The van der Waals surface area contributed by atoms with Gasteiger partial charge in [-0.25, -0.2) is 4.79 Å². The Labute approximate surface area is 241 Å². The Balaban J connectivity index is 2.18. The van der Waals surface area contributed by atoms with Crippen LogP contribution in [0.25, 0.3) is 0 Å². The van der Waals surface area contributed by atoms with E-state index in [0.29, 0.717) is 36.0 Å². The number of hydrogen-bond donors (Lipinski definition) is 1. The Hall–Kier alpha value is -3.92. The number of carbonyl (C=O) groups excluding carboxylic acids is 4. The molecular weight excluding hydrogens is 530 g/mol. The zero-order valence-corrected chi connectivity index (χ0v) is 24.5. The fraction of sp³-hybridized carbons (Fsp3) is 0.484. The molecule has 0 unspecified atom stereocenters. The quantitative estimate of drug-likeness (QED) is 0.168. The maximum atomic E-state index is 12.7. The highest BCUT2D eigenvalue weighted by atomic mass is 16.7. The summed E-state index contributed by atoms with van der Waals surface area (Å²) >= 11 is 0. The van der Waals surface area contributed by atoms with E-state index in [9.17, 15) is 19.2 Å². The summed E-state index contributed by atoms with van der Waals surface area (Å²) in [6, 6.07) is 13.0. The molecule has 0 aliphatic heterocycles. The molecule has 0 saturated carbocycles. The van der Waals surface area contributed by atoms with Gasteiger partial charge in [-0.1, -0.05) is 52.0 Å². The second-order valence-electron chi connectivity index (χ2n) is 10.7. The van der Waals surface area contributed by atoms with Crippen LogP contribution in [0.5, 0.6) is 17.2 Å². The topological polar surface area (TPSA) is 140 Å². The van der Waals surface area contributed by atoms with Crippen LogP contribution >= 0.6 is 0 Å². The predicted octanol–water partition coefficient (Wildman–Crippen LogP) is 5.39. The lowest BCUT2D eigenvalue weighted by atomic mass is 9.88. The molecule has 0 fully saturated rings. The molecule has 0 radical (unpaired) electrons. The average Bonchev–Trinajstić information content (AvgIpc) is 2.92. The number of para-hydroxylation sites is 1.